The van der Waals surface area contributed by atoms with Crippen molar-refractivity contribution in [3.05, 3.63) is 29.6 Å². The van der Waals surface area contributed by atoms with Gasteiger partial charge in [-0.05, 0) is 30.7 Å². The highest BCUT2D eigenvalue weighted by Gasteiger charge is 2.30. The van der Waals surface area contributed by atoms with Gasteiger partial charge in [-0.3, -0.25) is 4.79 Å². The first-order valence-electron chi connectivity index (χ1n) is 6.03. The van der Waals surface area contributed by atoms with Crippen molar-refractivity contribution in [2.24, 2.45) is 11.8 Å². The van der Waals surface area contributed by atoms with Crippen molar-refractivity contribution in [3.8, 4) is 0 Å². The second kappa shape index (κ2) is 5.36. The normalized spacial score (nSPS) is 22.2. The van der Waals surface area contributed by atoms with Crippen LogP contribution in [-0.4, -0.2) is 30.1 Å². The molecule has 1 fully saturated rings. The standard InChI is InChI=1S/C13H15FN2O3/c1-7-5-15-6-10(7)12(17)16-11-4-8(14)2-3-9(11)13(18)19/h2-4,7,10,15H,5-6H2,1H3,(H,16,17)(H,18,19). The average Bonchev–Trinajstić information content (AvgIpc) is 2.75. The second-order valence-corrected chi connectivity index (χ2v) is 4.73. The number of hydrogen-bond donors (Lipinski definition) is 3. The Hall–Kier alpha value is -1.95. The van der Waals surface area contributed by atoms with Crippen molar-refractivity contribution in [1.29, 1.82) is 0 Å². The summed E-state index contributed by atoms with van der Waals surface area (Å²) < 4.78 is 13.2. The molecule has 0 bridgehead atoms. The van der Waals surface area contributed by atoms with Crippen LogP contribution in [0.3, 0.4) is 0 Å². The first-order valence-corrected chi connectivity index (χ1v) is 6.03. The molecule has 1 heterocycles. The van der Waals surface area contributed by atoms with E-state index in [1.165, 1.54) is 0 Å². The van der Waals surface area contributed by atoms with Gasteiger partial charge in [0, 0.05) is 6.54 Å². The van der Waals surface area contributed by atoms with Crippen LogP contribution in [0.25, 0.3) is 0 Å². The molecule has 1 aromatic carbocycles. The summed E-state index contributed by atoms with van der Waals surface area (Å²) in [7, 11) is 0. The first kappa shape index (κ1) is 13.5. The molecule has 5 nitrogen and oxygen atoms in total. The van der Waals surface area contributed by atoms with Gasteiger partial charge in [-0.1, -0.05) is 6.92 Å². The number of anilines is 1. The van der Waals surface area contributed by atoms with Crippen LogP contribution >= 0.6 is 0 Å². The molecule has 1 amide bonds. The SMILES string of the molecule is CC1CNCC1C(=O)Nc1cc(F)ccc1C(=O)O. The number of carboxylic acids is 1. The number of carbonyl (C=O) groups is 2. The zero-order chi connectivity index (χ0) is 14.0. The lowest BCUT2D eigenvalue weighted by molar-refractivity contribution is -0.120. The van der Waals surface area contributed by atoms with Gasteiger partial charge in [0.15, 0.2) is 0 Å². The molecule has 0 aliphatic carbocycles. The van der Waals surface area contributed by atoms with Gasteiger partial charge in [0.05, 0.1) is 17.2 Å². The minimum atomic E-state index is -1.20. The second-order valence-electron chi connectivity index (χ2n) is 4.73. The predicted octanol–water partition coefficient (Wildman–Crippen LogP) is 1.32. The number of carbonyl (C=O) groups excluding carboxylic acids is 1. The Labute approximate surface area is 109 Å². The Morgan fingerprint density at radius 3 is 2.74 bits per heavy atom. The number of benzene rings is 1. The maximum absolute atomic E-state index is 13.2. The number of aromatic carboxylic acids is 1. The van der Waals surface area contributed by atoms with E-state index in [1.807, 2.05) is 6.92 Å². The molecular formula is C13H15FN2O3. The Morgan fingerprint density at radius 2 is 2.16 bits per heavy atom. The zero-order valence-electron chi connectivity index (χ0n) is 10.4. The molecule has 102 valence electrons. The zero-order valence-corrected chi connectivity index (χ0v) is 10.4. The Balaban J connectivity index is 2.20. The monoisotopic (exact) mass is 266 g/mol. The van der Waals surface area contributed by atoms with Crippen LogP contribution in [0, 0.1) is 17.7 Å². The molecule has 0 spiro atoms. The lowest BCUT2D eigenvalue weighted by atomic mass is 9.97. The summed E-state index contributed by atoms with van der Waals surface area (Å²) in [5.74, 6) is -2.14. The van der Waals surface area contributed by atoms with Gasteiger partial charge in [0.1, 0.15) is 5.82 Å². The Kier molecular flexibility index (Phi) is 3.80. The quantitative estimate of drug-likeness (QED) is 0.771. The van der Waals surface area contributed by atoms with Gasteiger partial charge in [0.25, 0.3) is 0 Å². The fourth-order valence-electron chi connectivity index (χ4n) is 2.19. The third-order valence-electron chi connectivity index (χ3n) is 3.32. The van der Waals surface area contributed by atoms with Crippen LogP contribution in [0.1, 0.15) is 17.3 Å². The number of halogens is 1. The van der Waals surface area contributed by atoms with E-state index in [4.69, 9.17) is 5.11 Å². The summed E-state index contributed by atoms with van der Waals surface area (Å²) in [5.41, 5.74) is -0.120. The molecule has 3 N–H and O–H groups in total. The largest absolute Gasteiger partial charge is 0.478 e. The van der Waals surface area contributed by atoms with Crippen LogP contribution in [-0.2, 0) is 4.79 Å². The van der Waals surface area contributed by atoms with Gasteiger partial charge >= 0.3 is 5.97 Å². The van der Waals surface area contributed by atoms with Gasteiger partial charge < -0.3 is 15.7 Å². The van der Waals surface area contributed by atoms with Crippen molar-refractivity contribution in [3.63, 3.8) is 0 Å². The highest BCUT2D eigenvalue weighted by molar-refractivity contribution is 6.01. The van der Waals surface area contributed by atoms with Crippen molar-refractivity contribution in [2.75, 3.05) is 18.4 Å². The minimum Gasteiger partial charge on any atom is -0.478 e. The molecule has 0 radical (unpaired) electrons. The van der Waals surface area contributed by atoms with Gasteiger partial charge in [-0.15, -0.1) is 0 Å². The fourth-order valence-corrected chi connectivity index (χ4v) is 2.19. The van der Waals surface area contributed by atoms with E-state index in [1.54, 1.807) is 0 Å². The highest BCUT2D eigenvalue weighted by Crippen LogP contribution is 2.21. The molecule has 1 aliphatic rings. The van der Waals surface area contributed by atoms with Gasteiger partial charge in [-0.25, -0.2) is 9.18 Å². The summed E-state index contributed by atoms with van der Waals surface area (Å²) in [5, 5.41) is 14.6. The summed E-state index contributed by atoms with van der Waals surface area (Å²) in [4.78, 5) is 23.1. The van der Waals surface area contributed by atoms with E-state index in [0.717, 1.165) is 24.7 Å². The topological polar surface area (TPSA) is 78.4 Å². The van der Waals surface area contributed by atoms with Crippen LogP contribution in [0.4, 0.5) is 10.1 Å². The lowest BCUT2D eigenvalue weighted by Crippen LogP contribution is -2.28. The molecule has 6 heteroatoms. The number of nitrogens with one attached hydrogen (secondary N) is 2. The van der Waals surface area contributed by atoms with Crippen molar-refractivity contribution in [1.82, 2.24) is 5.32 Å². The third kappa shape index (κ3) is 2.90. The minimum absolute atomic E-state index is 0.00315. The van der Waals surface area contributed by atoms with E-state index in [0.29, 0.717) is 6.54 Å². The smallest absolute Gasteiger partial charge is 0.337 e. The van der Waals surface area contributed by atoms with E-state index in [9.17, 15) is 14.0 Å². The summed E-state index contributed by atoms with van der Waals surface area (Å²) in [6, 6.07) is 3.22. The number of carboxylic acid groups (broad SMARTS) is 1. The van der Waals surface area contributed by atoms with Crippen LogP contribution < -0.4 is 10.6 Å². The van der Waals surface area contributed by atoms with Crippen molar-refractivity contribution >= 4 is 17.6 Å². The van der Waals surface area contributed by atoms with E-state index in [2.05, 4.69) is 10.6 Å². The van der Waals surface area contributed by atoms with E-state index >= 15 is 0 Å². The molecular weight excluding hydrogens is 251 g/mol. The number of amides is 1. The van der Waals surface area contributed by atoms with Gasteiger partial charge in [-0.2, -0.15) is 0 Å². The third-order valence-corrected chi connectivity index (χ3v) is 3.32. The molecule has 1 aliphatic heterocycles. The predicted molar refractivity (Wildman–Crippen MR) is 67.5 cm³/mol. The molecule has 0 aromatic heterocycles. The molecule has 19 heavy (non-hydrogen) atoms. The van der Waals surface area contributed by atoms with Crippen molar-refractivity contribution < 1.29 is 19.1 Å². The number of rotatable bonds is 3. The molecule has 0 saturated carbocycles. The van der Waals surface area contributed by atoms with Gasteiger partial charge in [0.2, 0.25) is 5.91 Å². The number of hydrogen-bond acceptors (Lipinski definition) is 3. The summed E-state index contributed by atoms with van der Waals surface area (Å²) >= 11 is 0. The van der Waals surface area contributed by atoms with Crippen molar-refractivity contribution in [2.45, 2.75) is 6.92 Å². The maximum Gasteiger partial charge on any atom is 0.337 e. The maximum atomic E-state index is 13.2. The van der Waals surface area contributed by atoms with E-state index < -0.39 is 11.8 Å². The molecule has 1 saturated heterocycles. The molecule has 2 unspecified atom stereocenters. The lowest BCUT2D eigenvalue weighted by Gasteiger charge is -2.15. The summed E-state index contributed by atoms with van der Waals surface area (Å²) in [6.45, 7) is 3.23. The first-order chi connectivity index (χ1) is 8.99. The summed E-state index contributed by atoms with van der Waals surface area (Å²) in [6.07, 6.45) is 0. The average molecular weight is 266 g/mol. The molecule has 1 aromatic rings. The molecule has 2 rings (SSSR count). The Bertz CT molecular complexity index is 519. The van der Waals surface area contributed by atoms with Crippen LogP contribution in [0.2, 0.25) is 0 Å². The van der Waals surface area contributed by atoms with E-state index in [-0.39, 0.29) is 29.0 Å². The van der Waals surface area contributed by atoms with Crippen LogP contribution in [0.15, 0.2) is 18.2 Å². The molecule has 2 atom stereocenters. The fraction of sp³-hybridized carbons (Fsp3) is 0.385. The highest BCUT2D eigenvalue weighted by atomic mass is 19.1. The Morgan fingerprint density at radius 1 is 1.42 bits per heavy atom. The van der Waals surface area contributed by atoms with Crippen LogP contribution in [0.5, 0.6) is 0 Å².